The highest BCUT2D eigenvalue weighted by atomic mass is 35.5. The predicted molar refractivity (Wildman–Crippen MR) is 265 cm³/mol. The van der Waals surface area contributed by atoms with E-state index in [1.165, 1.54) is 27.9 Å². The molecule has 23 heteroatoms. The van der Waals surface area contributed by atoms with Gasteiger partial charge in [-0.2, -0.15) is 0 Å². The Morgan fingerprint density at radius 2 is 1.65 bits per heavy atom. The quantitative estimate of drug-likeness (QED) is 0.0462. The molecule has 0 unspecified atom stereocenters. The summed E-state index contributed by atoms with van der Waals surface area (Å²) in [5.41, 5.74) is 10.6. The number of rotatable bonds is 22. The van der Waals surface area contributed by atoms with Crippen LogP contribution in [0.25, 0.3) is 21.5 Å². The van der Waals surface area contributed by atoms with E-state index in [2.05, 4.69) is 30.9 Å². The van der Waals surface area contributed by atoms with Gasteiger partial charge in [0.2, 0.25) is 23.6 Å². The van der Waals surface area contributed by atoms with Crippen molar-refractivity contribution in [2.75, 3.05) is 51.9 Å². The van der Waals surface area contributed by atoms with E-state index >= 15 is 0 Å². The van der Waals surface area contributed by atoms with Crippen molar-refractivity contribution in [3.63, 3.8) is 0 Å². The molecule has 0 radical (unpaired) electrons. The second-order valence-electron chi connectivity index (χ2n) is 18.7. The fourth-order valence-electron chi connectivity index (χ4n) is 8.48. The van der Waals surface area contributed by atoms with Crippen LogP contribution >= 0.6 is 22.9 Å². The summed E-state index contributed by atoms with van der Waals surface area (Å²) >= 11 is 7.92. The third-order valence-corrected chi connectivity index (χ3v) is 13.7. The Kier molecular flexibility index (Phi) is 18.2. The number of thiazole rings is 1. The molecule has 388 valence electrons. The van der Waals surface area contributed by atoms with Crippen LogP contribution in [0.15, 0.2) is 66.6 Å². The number of aliphatic hydroxyl groups is 4. The van der Waals surface area contributed by atoms with Gasteiger partial charge in [-0.3, -0.25) is 19.2 Å². The molecule has 21 nitrogen and oxygen atoms in total. The van der Waals surface area contributed by atoms with Crippen molar-refractivity contribution in [3.8, 4) is 16.2 Å². The van der Waals surface area contributed by atoms with E-state index in [9.17, 15) is 39.6 Å². The highest BCUT2D eigenvalue weighted by Gasteiger charge is 2.48. The van der Waals surface area contributed by atoms with E-state index < -0.39 is 72.0 Å². The van der Waals surface area contributed by atoms with Gasteiger partial charge in [0.05, 0.1) is 65.6 Å². The van der Waals surface area contributed by atoms with Gasteiger partial charge in [-0.05, 0) is 47.2 Å². The summed E-state index contributed by atoms with van der Waals surface area (Å²) < 4.78 is 24.4. The Hall–Kier alpha value is -5.82. The lowest BCUT2D eigenvalue weighted by Gasteiger charge is -2.35. The van der Waals surface area contributed by atoms with Crippen LogP contribution in [0.3, 0.4) is 0 Å². The van der Waals surface area contributed by atoms with Crippen LogP contribution in [0.4, 0.5) is 5.82 Å². The SMILES string of the molecule is Cc1ncsc1-c1ccc(CNC(=O)[C@@H]2C[C@@H](O)CN2C(=O)[C@@H](NC(=O)CCOCCOCCC(=O)NCCOc2cc([C@@H](O)[C@H]3O[C@@H](n4ccc5c(N)ncnc54)[C@H](O)[C@@H]3O)ccc2Cl)C(C)(C)C)cc1. The first kappa shape index (κ1) is 54.0. The number of aryl methyl sites for hydroxylation is 1. The standard InChI is InChI=1S/C49H62ClN9O12S/c1-27-42(72-26-56-27)29-7-5-28(6-8-29)23-53-46(66)34-22-31(60)24-59(34)47(67)43(49(2,3)4)57-37(62)13-17-69-20-19-68-16-12-36(61)52-14-18-70-35-21-30(9-10-33(35)50)38(63)41-39(64)40(65)48(71-41)58-15-11-32-44(51)54-25-55-45(32)58/h5-11,15,21,25-26,31,34,38-41,43,48,60,63-65H,12-14,16-20,22-24H2,1-4H3,(H,52,61)(H,53,66)(H,57,62)(H2,51,54,55)/t31-,34+,38-,39+,40-,41-,43-,48-/m1/s1. The van der Waals surface area contributed by atoms with E-state index in [-0.39, 0.29) is 94.4 Å². The highest BCUT2D eigenvalue weighted by Crippen LogP contribution is 2.39. The summed E-state index contributed by atoms with van der Waals surface area (Å²) in [7, 11) is 0. The molecule has 5 aromatic rings. The van der Waals surface area contributed by atoms with E-state index in [1.54, 1.807) is 35.2 Å². The average molecular weight is 1040 g/mol. The maximum Gasteiger partial charge on any atom is 0.246 e. The summed E-state index contributed by atoms with van der Waals surface area (Å²) in [4.78, 5) is 67.8. The predicted octanol–water partition coefficient (Wildman–Crippen LogP) is 2.57. The van der Waals surface area contributed by atoms with Gasteiger partial charge in [0.15, 0.2) is 6.23 Å². The Morgan fingerprint density at radius 1 is 0.931 bits per heavy atom. The smallest absolute Gasteiger partial charge is 0.246 e. The summed E-state index contributed by atoms with van der Waals surface area (Å²) in [6.07, 6.45) is -4.48. The second-order valence-corrected chi connectivity index (χ2v) is 20.0. The van der Waals surface area contributed by atoms with Crippen LogP contribution in [-0.2, 0) is 39.9 Å². The number of fused-ring (bicyclic) bond motifs is 1. The fourth-order valence-corrected chi connectivity index (χ4v) is 9.47. The van der Waals surface area contributed by atoms with Gasteiger partial charge >= 0.3 is 0 Å². The van der Waals surface area contributed by atoms with Crippen molar-refractivity contribution in [2.45, 2.75) is 102 Å². The van der Waals surface area contributed by atoms with Gasteiger partial charge in [0.1, 0.15) is 66.6 Å². The molecule has 0 bridgehead atoms. The molecule has 2 aliphatic heterocycles. The summed E-state index contributed by atoms with van der Waals surface area (Å²) in [5, 5.41) is 52.8. The summed E-state index contributed by atoms with van der Waals surface area (Å²) in [6, 6.07) is 12.1. The number of β-amino-alcohol motifs (C(OH)–C–C–N with tert-alkyl or cyclic N) is 1. The number of carbonyl (C=O) groups is 4. The van der Waals surface area contributed by atoms with Crippen LogP contribution in [-0.4, -0.2) is 151 Å². The molecular weight excluding hydrogens is 974 g/mol. The molecule has 5 heterocycles. The lowest BCUT2D eigenvalue weighted by atomic mass is 9.85. The maximum atomic E-state index is 14.0. The third kappa shape index (κ3) is 13.2. The van der Waals surface area contributed by atoms with Crippen molar-refractivity contribution in [3.05, 3.63) is 88.4 Å². The monoisotopic (exact) mass is 1040 g/mol. The van der Waals surface area contributed by atoms with E-state index in [1.807, 2.05) is 52.0 Å². The minimum absolute atomic E-state index is 0.0393. The van der Waals surface area contributed by atoms with Crippen LogP contribution in [0.1, 0.15) is 69.2 Å². The topological polar surface area (TPSA) is 295 Å². The van der Waals surface area contributed by atoms with Gasteiger partial charge in [-0.25, -0.2) is 15.0 Å². The zero-order valence-electron chi connectivity index (χ0n) is 40.4. The molecular formula is C49H62ClN9O12S. The van der Waals surface area contributed by atoms with Gasteiger partial charge in [-0.15, -0.1) is 11.3 Å². The van der Waals surface area contributed by atoms with Gasteiger partial charge in [-0.1, -0.05) is 62.7 Å². The number of amides is 4. The average Bonchev–Trinajstić information content (AvgIpc) is 4.15. The van der Waals surface area contributed by atoms with Gasteiger partial charge in [0.25, 0.3) is 0 Å². The normalized spacial score (nSPS) is 20.9. The lowest BCUT2D eigenvalue weighted by Crippen LogP contribution is -2.57. The molecule has 2 aliphatic rings. The first-order chi connectivity index (χ1) is 34.4. The number of halogens is 1. The van der Waals surface area contributed by atoms with E-state index in [4.69, 9.17) is 36.3 Å². The number of aromatic nitrogens is 4. The molecule has 3 aromatic heterocycles. The van der Waals surface area contributed by atoms with Gasteiger partial charge in [0, 0.05) is 38.5 Å². The van der Waals surface area contributed by atoms with Crippen LogP contribution < -0.4 is 26.4 Å². The minimum Gasteiger partial charge on any atom is -0.490 e. The zero-order chi connectivity index (χ0) is 51.7. The molecule has 7 rings (SSSR count). The zero-order valence-corrected chi connectivity index (χ0v) is 42.0. The number of benzene rings is 2. The summed E-state index contributed by atoms with van der Waals surface area (Å²) in [6.45, 7) is 8.22. The minimum atomic E-state index is -1.46. The lowest BCUT2D eigenvalue weighted by molar-refractivity contribution is -0.144. The van der Waals surface area contributed by atoms with Crippen molar-refractivity contribution in [1.82, 2.24) is 40.4 Å². The van der Waals surface area contributed by atoms with Crippen LogP contribution in [0, 0.1) is 12.3 Å². The molecule has 8 atom stereocenters. The molecule has 2 saturated heterocycles. The summed E-state index contributed by atoms with van der Waals surface area (Å²) in [5.74, 6) is -1.11. The molecule has 4 amide bonds. The molecule has 9 N–H and O–H groups in total. The number of nitrogens with two attached hydrogens (primary N) is 1. The van der Waals surface area contributed by atoms with Crippen LogP contribution in [0.2, 0.25) is 5.02 Å². The molecule has 72 heavy (non-hydrogen) atoms. The number of anilines is 1. The Balaban J connectivity index is 0.764. The maximum absolute atomic E-state index is 14.0. The molecule has 0 aliphatic carbocycles. The first-order valence-corrected chi connectivity index (χ1v) is 24.8. The number of ether oxygens (including phenoxy) is 4. The third-order valence-electron chi connectivity index (χ3n) is 12.4. The number of hydrogen-bond donors (Lipinski definition) is 8. The Bertz CT molecular complexity index is 2660. The number of nitrogens with zero attached hydrogens (tertiary/aromatic N) is 5. The first-order valence-electron chi connectivity index (χ1n) is 23.6. The molecule has 2 fully saturated rings. The fraction of sp³-hybridized carbons (Fsp3) is 0.490. The number of nitrogen functional groups attached to an aromatic ring is 1. The number of hydrogen-bond acceptors (Lipinski definition) is 17. The van der Waals surface area contributed by atoms with Crippen molar-refractivity contribution in [1.29, 1.82) is 0 Å². The highest BCUT2D eigenvalue weighted by molar-refractivity contribution is 7.13. The van der Waals surface area contributed by atoms with E-state index in [0.29, 0.717) is 16.6 Å². The molecule has 0 saturated carbocycles. The van der Waals surface area contributed by atoms with Crippen LogP contribution in [0.5, 0.6) is 5.75 Å². The largest absolute Gasteiger partial charge is 0.490 e. The number of aliphatic hydroxyl groups excluding tert-OH is 4. The van der Waals surface area contributed by atoms with Crippen molar-refractivity contribution >= 4 is 63.4 Å². The second kappa shape index (κ2) is 24.3. The molecule has 0 spiro atoms. The van der Waals surface area contributed by atoms with E-state index in [0.717, 1.165) is 21.7 Å². The Labute approximate surface area is 425 Å². The van der Waals surface area contributed by atoms with Crippen molar-refractivity contribution < 1.29 is 58.6 Å². The molecule has 2 aromatic carbocycles. The van der Waals surface area contributed by atoms with Gasteiger partial charge < -0.3 is 70.5 Å². The number of carbonyl (C=O) groups excluding carboxylic acids is 4. The number of nitrogens with one attached hydrogen (secondary N) is 3. The van der Waals surface area contributed by atoms with Crippen molar-refractivity contribution in [2.24, 2.45) is 5.41 Å². The Morgan fingerprint density at radius 3 is 2.35 bits per heavy atom. The number of likely N-dealkylation sites (tertiary alicyclic amines) is 1.